The minimum absolute atomic E-state index is 0.161. The van der Waals surface area contributed by atoms with E-state index in [1.165, 1.54) is 18.2 Å². The fourth-order valence-corrected chi connectivity index (χ4v) is 2.13. The quantitative estimate of drug-likeness (QED) is 0.737. The summed E-state index contributed by atoms with van der Waals surface area (Å²) in [5.74, 6) is -0.235. The van der Waals surface area contributed by atoms with E-state index in [0.717, 1.165) is 0 Å². The molecular formula is C17H10FN3O. The third kappa shape index (κ3) is 2.63. The molecule has 3 aromatic rings. The van der Waals surface area contributed by atoms with Crippen molar-refractivity contribution in [2.45, 2.75) is 0 Å². The Labute approximate surface area is 125 Å². The zero-order valence-electron chi connectivity index (χ0n) is 11.4. The molecule has 4 nitrogen and oxygen atoms in total. The molecule has 0 bridgehead atoms. The van der Waals surface area contributed by atoms with Gasteiger partial charge < -0.3 is 4.98 Å². The fraction of sp³-hybridized carbons (Fsp3) is 0. The summed E-state index contributed by atoms with van der Waals surface area (Å²) in [5.41, 5.74) is 0.864. The van der Waals surface area contributed by atoms with Crippen LogP contribution in [0.1, 0.15) is 11.4 Å². The van der Waals surface area contributed by atoms with Gasteiger partial charge in [0.15, 0.2) is 5.82 Å². The molecule has 0 amide bonds. The molecule has 0 aliphatic heterocycles. The van der Waals surface area contributed by atoms with E-state index in [-0.39, 0.29) is 17.0 Å². The summed E-state index contributed by atoms with van der Waals surface area (Å²) in [6, 6.07) is 14.7. The Morgan fingerprint density at radius 1 is 1.23 bits per heavy atom. The summed E-state index contributed by atoms with van der Waals surface area (Å²) in [7, 11) is 0. The van der Waals surface area contributed by atoms with Crippen LogP contribution in [0.5, 0.6) is 0 Å². The van der Waals surface area contributed by atoms with E-state index in [4.69, 9.17) is 0 Å². The van der Waals surface area contributed by atoms with Gasteiger partial charge in [-0.2, -0.15) is 5.26 Å². The van der Waals surface area contributed by atoms with Crippen molar-refractivity contribution in [2.75, 3.05) is 0 Å². The second kappa shape index (κ2) is 5.62. The maximum absolute atomic E-state index is 13.2. The summed E-state index contributed by atoms with van der Waals surface area (Å²) in [5, 5.41) is 9.75. The second-order valence-electron chi connectivity index (χ2n) is 4.66. The van der Waals surface area contributed by atoms with Crippen molar-refractivity contribution < 1.29 is 4.39 Å². The number of nitriles is 1. The van der Waals surface area contributed by atoms with Gasteiger partial charge in [-0.15, -0.1) is 0 Å². The number of benzene rings is 2. The van der Waals surface area contributed by atoms with E-state index >= 15 is 0 Å². The van der Waals surface area contributed by atoms with Gasteiger partial charge in [0.1, 0.15) is 11.9 Å². The number of aromatic nitrogens is 2. The smallest absolute Gasteiger partial charge is 0.259 e. The number of H-pyrrole nitrogens is 1. The van der Waals surface area contributed by atoms with Crippen molar-refractivity contribution in [3.8, 4) is 6.07 Å². The molecule has 0 saturated heterocycles. The Hall–Kier alpha value is -3.26. The second-order valence-corrected chi connectivity index (χ2v) is 4.66. The zero-order chi connectivity index (χ0) is 15.5. The average Bonchev–Trinajstić information content (AvgIpc) is 2.52. The van der Waals surface area contributed by atoms with Gasteiger partial charge in [0.2, 0.25) is 0 Å². The molecule has 0 aliphatic carbocycles. The lowest BCUT2D eigenvalue weighted by Crippen LogP contribution is -2.11. The van der Waals surface area contributed by atoms with Gasteiger partial charge in [-0.3, -0.25) is 4.79 Å². The Balaban J connectivity index is 2.16. The average molecular weight is 291 g/mol. The largest absolute Gasteiger partial charge is 0.305 e. The Morgan fingerprint density at radius 2 is 2.05 bits per heavy atom. The van der Waals surface area contributed by atoms with Crippen LogP contribution < -0.4 is 5.56 Å². The predicted octanol–water partition coefficient (Wildman–Crippen LogP) is 3.13. The number of aromatic amines is 1. The number of fused-ring (bicyclic) bond motifs is 1. The summed E-state index contributed by atoms with van der Waals surface area (Å²) in [6.45, 7) is 0. The first-order valence-corrected chi connectivity index (χ1v) is 6.54. The molecule has 1 N–H and O–H groups in total. The molecule has 1 aromatic heterocycles. The first-order chi connectivity index (χ1) is 10.7. The van der Waals surface area contributed by atoms with Crippen molar-refractivity contribution in [3.05, 3.63) is 76.1 Å². The molecule has 0 spiro atoms. The summed E-state index contributed by atoms with van der Waals surface area (Å²) < 4.78 is 13.2. The highest BCUT2D eigenvalue weighted by atomic mass is 19.1. The Morgan fingerprint density at radius 3 is 2.82 bits per heavy atom. The maximum Gasteiger partial charge on any atom is 0.259 e. The van der Waals surface area contributed by atoms with E-state index in [0.29, 0.717) is 16.5 Å². The summed E-state index contributed by atoms with van der Waals surface area (Å²) in [6.07, 6.45) is 1.48. The van der Waals surface area contributed by atoms with E-state index in [2.05, 4.69) is 9.97 Å². The van der Waals surface area contributed by atoms with Crippen molar-refractivity contribution in [1.29, 1.82) is 5.26 Å². The van der Waals surface area contributed by atoms with Gasteiger partial charge >= 0.3 is 0 Å². The zero-order valence-corrected chi connectivity index (χ0v) is 11.4. The molecular weight excluding hydrogens is 281 g/mol. The molecule has 0 unspecified atom stereocenters. The molecule has 106 valence electrons. The molecule has 0 saturated carbocycles. The number of hydrogen-bond donors (Lipinski definition) is 1. The third-order valence-electron chi connectivity index (χ3n) is 3.15. The molecule has 0 aliphatic rings. The number of nitrogens with one attached hydrogen (secondary N) is 1. The molecule has 22 heavy (non-hydrogen) atoms. The lowest BCUT2D eigenvalue weighted by Gasteiger charge is -2.02. The van der Waals surface area contributed by atoms with Crippen LogP contribution in [0.15, 0.2) is 53.3 Å². The van der Waals surface area contributed by atoms with E-state index in [1.54, 1.807) is 36.4 Å². The summed E-state index contributed by atoms with van der Waals surface area (Å²) >= 11 is 0. The molecule has 1 heterocycles. The molecule has 2 aromatic carbocycles. The van der Waals surface area contributed by atoms with Crippen LogP contribution >= 0.6 is 0 Å². The van der Waals surface area contributed by atoms with Gasteiger partial charge in [0.25, 0.3) is 5.56 Å². The molecule has 0 atom stereocenters. The maximum atomic E-state index is 13.2. The van der Waals surface area contributed by atoms with E-state index in [9.17, 15) is 14.4 Å². The van der Waals surface area contributed by atoms with Crippen LogP contribution in [0.3, 0.4) is 0 Å². The number of hydrogen-bond acceptors (Lipinski definition) is 3. The van der Waals surface area contributed by atoms with E-state index < -0.39 is 5.82 Å². The first-order valence-electron chi connectivity index (χ1n) is 6.54. The molecule has 0 radical (unpaired) electrons. The number of rotatable bonds is 2. The number of allylic oxidation sites excluding steroid dienone is 1. The van der Waals surface area contributed by atoms with Crippen LogP contribution in [0, 0.1) is 17.1 Å². The van der Waals surface area contributed by atoms with Crippen LogP contribution in [0.25, 0.3) is 22.6 Å². The Bertz CT molecular complexity index is 983. The number of nitrogens with zero attached hydrogens (tertiary/aromatic N) is 2. The third-order valence-corrected chi connectivity index (χ3v) is 3.15. The van der Waals surface area contributed by atoms with Crippen molar-refractivity contribution in [2.24, 2.45) is 0 Å². The first kappa shape index (κ1) is 13.7. The Kier molecular flexibility index (Phi) is 3.50. The normalized spacial score (nSPS) is 11.4. The van der Waals surface area contributed by atoms with Gasteiger partial charge in [-0.1, -0.05) is 24.3 Å². The van der Waals surface area contributed by atoms with Crippen molar-refractivity contribution >= 4 is 22.6 Å². The molecule has 3 rings (SSSR count). The van der Waals surface area contributed by atoms with Crippen molar-refractivity contribution in [3.63, 3.8) is 0 Å². The number of para-hydroxylation sites is 1. The monoisotopic (exact) mass is 291 g/mol. The van der Waals surface area contributed by atoms with Gasteiger partial charge in [0.05, 0.1) is 16.5 Å². The lowest BCUT2D eigenvalue weighted by molar-refractivity contribution is 0.627. The highest BCUT2D eigenvalue weighted by Gasteiger charge is 2.08. The van der Waals surface area contributed by atoms with Crippen LogP contribution in [-0.2, 0) is 0 Å². The van der Waals surface area contributed by atoms with Gasteiger partial charge in [-0.05, 0) is 35.9 Å². The predicted molar refractivity (Wildman–Crippen MR) is 82.2 cm³/mol. The van der Waals surface area contributed by atoms with Gasteiger partial charge in [0, 0.05) is 0 Å². The van der Waals surface area contributed by atoms with Crippen LogP contribution in [0.4, 0.5) is 4.39 Å². The van der Waals surface area contributed by atoms with Crippen LogP contribution in [-0.4, -0.2) is 9.97 Å². The fourth-order valence-electron chi connectivity index (χ4n) is 2.13. The van der Waals surface area contributed by atoms with E-state index in [1.807, 2.05) is 6.07 Å². The lowest BCUT2D eigenvalue weighted by atomic mass is 10.1. The molecule has 0 fully saturated rings. The standard InChI is InChI=1S/C17H10FN3O/c18-13-5-3-4-11(9-13)8-12(10-19)16-20-15-7-2-1-6-14(15)17(22)21-16/h1-9H,(H,20,21,22)/b12-8+. The van der Waals surface area contributed by atoms with Crippen LogP contribution in [0.2, 0.25) is 0 Å². The SMILES string of the molecule is N#C/C(=C\c1cccc(F)c1)c1nc2ccccc2c(=O)[nH]1. The highest BCUT2D eigenvalue weighted by molar-refractivity contribution is 5.89. The minimum atomic E-state index is -0.397. The topological polar surface area (TPSA) is 69.5 Å². The summed E-state index contributed by atoms with van der Waals surface area (Å²) in [4.78, 5) is 18.9. The van der Waals surface area contributed by atoms with Gasteiger partial charge in [-0.25, -0.2) is 9.37 Å². The molecule has 5 heteroatoms. The minimum Gasteiger partial charge on any atom is -0.305 e. The highest BCUT2D eigenvalue weighted by Crippen LogP contribution is 2.16. The van der Waals surface area contributed by atoms with Crippen molar-refractivity contribution in [1.82, 2.24) is 9.97 Å². The number of halogens is 1.